The summed E-state index contributed by atoms with van der Waals surface area (Å²) in [5.74, 6) is 0. The molecule has 5 heteroatoms. The van der Waals surface area contributed by atoms with E-state index in [9.17, 15) is 0 Å². The van der Waals surface area contributed by atoms with Crippen molar-refractivity contribution in [2.45, 2.75) is 116 Å². The molecule has 26 heavy (non-hydrogen) atoms. The summed E-state index contributed by atoms with van der Waals surface area (Å²) in [5, 5.41) is 0.421. The standard InChI is InChI=1S/C21H47NO2Si2/c1-9-23-26(8,24-10-2)19-15-14-18-22(20-16-12-11-13-17-20)25(6,7)21(3,4)5/h20H,9-19H2,1-8H3. The highest BCUT2D eigenvalue weighted by Gasteiger charge is 2.43. The Hall–Kier alpha value is 0.314. The number of unbranched alkanes of at least 4 members (excludes halogenated alkanes) is 1. The molecule has 0 radical (unpaired) electrons. The zero-order valence-corrected chi connectivity index (χ0v) is 21.1. The minimum absolute atomic E-state index is 0.421. The van der Waals surface area contributed by atoms with E-state index >= 15 is 0 Å². The predicted molar refractivity (Wildman–Crippen MR) is 120 cm³/mol. The number of nitrogens with zero attached hydrogens (tertiary/aromatic N) is 1. The van der Waals surface area contributed by atoms with Gasteiger partial charge in [0.15, 0.2) is 0 Å². The fourth-order valence-corrected chi connectivity index (χ4v) is 9.50. The van der Waals surface area contributed by atoms with Gasteiger partial charge in [-0.15, -0.1) is 0 Å². The van der Waals surface area contributed by atoms with Crippen LogP contribution in [0.4, 0.5) is 0 Å². The van der Waals surface area contributed by atoms with Crippen LogP contribution in [0.5, 0.6) is 0 Å². The van der Waals surface area contributed by atoms with Crippen LogP contribution in [0.25, 0.3) is 0 Å². The van der Waals surface area contributed by atoms with Crippen molar-refractivity contribution in [3.05, 3.63) is 0 Å². The van der Waals surface area contributed by atoms with Gasteiger partial charge in [-0.2, -0.15) is 0 Å². The van der Waals surface area contributed by atoms with Gasteiger partial charge in [0.2, 0.25) is 0 Å². The molecular weight excluding hydrogens is 354 g/mol. The van der Waals surface area contributed by atoms with E-state index in [0.717, 1.165) is 25.3 Å². The number of hydrogen-bond acceptors (Lipinski definition) is 3. The van der Waals surface area contributed by atoms with Crippen molar-refractivity contribution in [1.82, 2.24) is 4.57 Å². The molecule has 0 spiro atoms. The Morgan fingerprint density at radius 1 is 0.885 bits per heavy atom. The smallest absolute Gasteiger partial charge is 0.334 e. The molecule has 0 heterocycles. The highest BCUT2D eigenvalue weighted by Crippen LogP contribution is 2.41. The summed E-state index contributed by atoms with van der Waals surface area (Å²) in [5.41, 5.74) is 0. The van der Waals surface area contributed by atoms with Crippen LogP contribution >= 0.6 is 0 Å². The van der Waals surface area contributed by atoms with Crippen LogP contribution in [0.3, 0.4) is 0 Å². The maximum atomic E-state index is 6.03. The normalized spacial score (nSPS) is 17.9. The van der Waals surface area contributed by atoms with Gasteiger partial charge in [0.05, 0.1) is 0 Å². The van der Waals surface area contributed by atoms with Gasteiger partial charge in [-0.05, 0) is 57.3 Å². The first kappa shape index (κ1) is 24.4. The van der Waals surface area contributed by atoms with Crippen molar-refractivity contribution < 1.29 is 8.85 Å². The fourth-order valence-electron chi connectivity index (χ4n) is 4.27. The van der Waals surface area contributed by atoms with Crippen molar-refractivity contribution >= 4 is 16.8 Å². The quantitative estimate of drug-likeness (QED) is 0.289. The molecule has 0 saturated heterocycles. The molecule has 1 aliphatic rings. The van der Waals surface area contributed by atoms with Crippen LogP contribution in [-0.4, -0.2) is 47.2 Å². The van der Waals surface area contributed by atoms with Gasteiger partial charge in [0.1, 0.15) is 8.24 Å². The molecule has 0 aliphatic heterocycles. The van der Waals surface area contributed by atoms with E-state index in [1.165, 1.54) is 51.5 Å². The second-order valence-electron chi connectivity index (χ2n) is 9.75. The van der Waals surface area contributed by atoms with E-state index in [1.54, 1.807) is 0 Å². The molecule has 0 aromatic carbocycles. The largest absolute Gasteiger partial charge is 0.395 e. The fraction of sp³-hybridized carbons (Fsp3) is 1.00. The second kappa shape index (κ2) is 10.7. The van der Waals surface area contributed by atoms with Crippen LogP contribution in [0.15, 0.2) is 0 Å². The third kappa shape index (κ3) is 7.04. The molecule has 1 rings (SSSR count). The Bertz CT molecular complexity index is 384. The van der Waals surface area contributed by atoms with Gasteiger partial charge < -0.3 is 13.4 Å². The van der Waals surface area contributed by atoms with Crippen molar-refractivity contribution in [3.8, 4) is 0 Å². The lowest BCUT2D eigenvalue weighted by Crippen LogP contribution is -2.59. The Morgan fingerprint density at radius 3 is 1.88 bits per heavy atom. The molecule has 3 nitrogen and oxygen atoms in total. The highest BCUT2D eigenvalue weighted by molar-refractivity contribution is 6.77. The summed E-state index contributed by atoms with van der Waals surface area (Å²) in [6, 6.07) is 1.96. The highest BCUT2D eigenvalue weighted by atomic mass is 28.4. The van der Waals surface area contributed by atoms with E-state index in [-0.39, 0.29) is 0 Å². The number of rotatable bonds is 11. The predicted octanol–water partition coefficient (Wildman–Crippen LogP) is 6.55. The lowest BCUT2D eigenvalue weighted by atomic mass is 9.95. The van der Waals surface area contributed by atoms with Gasteiger partial charge in [0, 0.05) is 19.3 Å². The average molecular weight is 402 g/mol. The maximum Gasteiger partial charge on any atom is 0.334 e. The maximum absolute atomic E-state index is 6.03. The van der Waals surface area contributed by atoms with Crippen molar-refractivity contribution in [2.24, 2.45) is 0 Å². The van der Waals surface area contributed by atoms with Gasteiger partial charge in [-0.25, -0.2) is 0 Å². The van der Waals surface area contributed by atoms with E-state index < -0.39 is 16.8 Å². The van der Waals surface area contributed by atoms with Crippen molar-refractivity contribution in [2.75, 3.05) is 19.8 Å². The van der Waals surface area contributed by atoms with Crippen LogP contribution in [-0.2, 0) is 8.85 Å². The molecule has 0 N–H and O–H groups in total. The van der Waals surface area contributed by atoms with Crippen molar-refractivity contribution in [3.63, 3.8) is 0 Å². The van der Waals surface area contributed by atoms with Gasteiger partial charge in [-0.3, -0.25) is 0 Å². The second-order valence-corrected chi connectivity index (χ2v) is 18.3. The summed E-state index contributed by atoms with van der Waals surface area (Å²) in [7, 11) is -3.42. The summed E-state index contributed by atoms with van der Waals surface area (Å²) in [6.45, 7) is 21.8. The summed E-state index contributed by atoms with van der Waals surface area (Å²) >= 11 is 0. The molecular formula is C21H47NO2Si2. The van der Waals surface area contributed by atoms with Crippen molar-refractivity contribution in [1.29, 1.82) is 0 Å². The molecule has 1 saturated carbocycles. The Kier molecular flexibility index (Phi) is 10.1. The van der Waals surface area contributed by atoms with E-state index in [2.05, 4.69) is 58.8 Å². The summed E-state index contributed by atoms with van der Waals surface area (Å²) < 4.78 is 15.0. The zero-order valence-electron chi connectivity index (χ0n) is 19.1. The third-order valence-electron chi connectivity index (χ3n) is 6.75. The molecule has 0 atom stereocenters. The molecule has 1 aliphatic carbocycles. The van der Waals surface area contributed by atoms with Crippen LogP contribution < -0.4 is 0 Å². The molecule has 0 bridgehead atoms. The third-order valence-corrected chi connectivity index (χ3v) is 15.5. The first-order chi connectivity index (χ1) is 12.1. The van der Waals surface area contributed by atoms with E-state index in [1.807, 2.05) is 0 Å². The summed E-state index contributed by atoms with van der Waals surface area (Å²) in [4.78, 5) is 0. The monoisotopic (exact) mass is 401 g/mol. The Balaban J connectivity index is 2.69. The Morgan fingerprint density at radius 2 is 1.42 bits per heavy atom. The molecule has 156 valence electrons. The molecule has 0 unspecified atom stereocenters. The topological polar surface area (TPSA) is 21.7 Å². The van der Waals surface area contributed by atoms with E-state index in [4.69, 9.17) is 8.85 Å². The molecule has 0 aromatic heterocycles. The average Bonchev–Trinajstić information content (AvgIpc) is 2.54. The number of hydrogen-bond donors (Lipinski definition) is 0. The molecule has 1 fully saturated rings. The van der Waals surface area contributed by atoms with Gasteiger partial charge in [-0.1, -0.05) is 59.5 Å². The first-order valence-corrected chi connectivity index (χ1v) is 16.6. The van der Waals surface area contributed by atoms with Crippen LogP contribution in [0.2, 0.25) is 30.7 Å². The lowest BCUT2D eigenvalue weighted by molar-refractivity contribution is 0.187. The summed E-state index contributed by atoms with van der Waals surface area (Å²) in [6.07, 6.45) is 9.64. The van der Waals surface area contributed by atoms with Gasteiger partial charge in [0.25, 0.3) is 0 Å². The SMILES string of the molecule is CCO[Si](C)(CCCCN(C1CCCCC1)[Si](C)(C)C(C)(C)C)OCC. The lowest BCUT2D eigenvalue weighted by Gasteiger charge is -2.50. The van der Waals surface area contributed by atoms with Crippen LogP contribution in [0, 0.1) is 0 Å². The van der Waals surface area contributed by atoms with E-state index in [0.29, 0.717) is 5.04 Å². The molecule has 0 aromatic rings. The van der Waals surface area contributed by atoms with Gasteiger partial charge >= 0.3 is 8.56 Å². The zero-order chi connectivity index (χ0) is 19.8. The minimum atomic E-state index is -1.95. The first-order valence-electron chi connectivity index (χ1n) is 11.1. The Labute approximate surface area is 166 Å². The van der Waals surface area contributed by atoms with Crippen LogP contribution in [0.1, 0.15) is 79.6 Å². The molecule has 0 amide bonds. The minimum Gasteiger partial charge on any atom is -0.395 e.